The van der Waals surface area contributed by atoms with Gasteiger partial charge in [-0.2, -0.15) is 0 Å². The van der Waals surface area contributed by atoms with Crippen molar-refractivity contribution in [3.05, 3.63) is 30.1 Å². The molecule has 0 aliphatic heterocycles. The standard InChI is InChI=1S/C7H6ClNO/c8-5-7(10)6-1-3-9-4-2-6/h1-4H,5H2. The van der Waals surface area contributed by atoms with E-state index in [1.54, 1.807) is 24.5 Å². The van der Waals surface area contributed by atoms with Gasteiger partial charge in [0.05, 0.1) is 5.88 Å². The van der Waals surface area contributed by atoms with Crippen molar-refractivity contribution >= 4 is 17.4 Å². The molecule has 0 amide bonds. The van der Waals surface area contributed by atoms with Gasteiger partial charge in [-0.05, 0) is 12.1 Å². The van der Waals surface area contributed by atoms with E-state index in [1.165, 1.54) is 0 Å². The lowest BCUT2D eigenvalue weighted by molar-refractivity contribution is 0.102. The van der Waals surface area contributed by atoms with Gasteiger partial charge >= 0.3 is 0 Å². The number of Topliss-reactive ketones (excluding diaryl/α,β-unsaturated/α-hetero) is 1. The zero-order valence-corrected chi connectivity index (χ0v) is 6.01. The summed E-state index contributed by atoms with van der Waals surface area (Å²) in [6.45, 7) is 0. The van der Waals surface area contributed by atoms with Crippen LogP contribution >= 0.6 is 11.6 Å². The molecule has 1 aromatic heterocycles. The molecule has 52 valence electrons. The summed E-state index contributed by atoms with van der Waals surface area (Å²) in [6, 6.07) is 3.29. The van der Waals surface area contributed by atoms with E-state index >= 15 is 0 Å². The number of alkyl halides is 1. The van der Waals surface area contributed by atoms with Crippen LogP contribution in [0.4, 0.5) is 0 Å². The highest BCUT2D eigenvalue weighted by atomic mass is 35.5. The third-order valence-corrected chi connectivity index (χ3v) is 1.37. The minimum atomic E-state index is -0.0657. The van der Waals surface area contributed by atoms with Crippen LogP contribution in [0.5, 0.6) is 0 Å². The number of carbonyl (C=O) groups is 1. The molecule has 10 heavy (non-hydrogen) atoms. The van der Waals surface area contributed by atoms with Gasteiger partial charge in [0.2, 0.25) is 0 Å². The average Bonchev–Trinajstić information content (AvgIpc) is 2.05. The lowest BCUT2D eigenvalue weighted by atomic mass is 10.2. The first-order valence-corrected chi connectivity index (χ1v) is 3.37. The topological polar surface area (TPSA) is 30.0 Å². The lowest BCUT2D eigenvalue weighted by Gasteiger charge is -1.92. The number of hydrogen-bond donors (Lipinski definition) is 0. The number of rotatable bonds is 2. The van der Waals surface area contributed by atoms with Gasteiger partial charge in [-0.3, -0.25) is 9.78 Å². The van der Waals surface area contributed by atoms with E-state index in [1.807, 2.05) is 0 Å². The Morgan fingerprint density at radius 1 is 1.50 bits per heavy atom. The summed E-state index contributed by atoms with van der Waals surface area (Å²) in [4.78, 5) is 14.6. The molecule has 0 radical (unpaired) electrons. The molecule has 1 rings (SSSR count). The average molecular weight is 156 g/mol. The molecule has 0 bridgehead atoms. The largest absolute Gasteiger partial charge is 0.293 e. The number of ketones is 1. The SMILES string of the molecule is O=C(CCl)c1ccncc1. The lowest BCUT2D eigenvalue weighted by Crippen LogP contribution is -1.99. The molecule has 0 fully saturated rings. The summed E-state index contributed by atoms with van der Waals surface area (Å²) in [6.07, 6.45) is 3.14. The monoisotopic (exact) mass is 155 g/mol. The normalized spacial score (nSPS) is 9.30. The first-order chi connectivity index (χ1) is 4.84. The van der Waals surface area contributed by atoms with Crippen LogP contribution < -0.4 is 0 Å². The van der Waals surface area contributed by atoms with E-state index in [2.05, 4.69) is 4.98 Å². The first-order valence-electron chi connectivity index (χ1n) is 2.84. The Labute approximate surface area is 63.8 Å². The van der Waals surface area contributed by atoms with E-state index < -0.39 is 0 Å². The summed E-state index contributed by atoms with van der Waals surface area (Å²) in [5, 5.41) is 0. The third-order valence-electron chi connectivity index (χ3n) is 1.12. The van der Waals surface area contributed by atoms with Gasteiger partial charge in [0.25, 0.3) is 0 Å². The Bertz CT molecular complexity index is 222. The van der Waals surface area contributed by atoms with Crippen LogP contribution in [-0.2, 0) is 0 Å². The second kappa shape index (κ2) is 3.32. The molecule has 0 saturated heterocycles. The number of carbonyl (C=O) groups excluding carboxylic acids is 1. The predicted molar refractivity (Wildman–Crippen MR) is 39.3 cm³/mol. The van der Waals surface area contributed by atoms with Crippen LogP contribution in [0.2, 0.25) is 0 Å². The molecule has 0 N–H and O–H groups in total. The van der Waals surface area contributed by atoms with E-state index in [4.69, 9.17) is 11.6 Å². The predicted octanol–water partition coefficient (Wildman–Crippen LogP) is 1.50. The highest BCUT2D eigenvalue weighted by Crippen LogP contribution is 1.98. The van der Waals surface area contributed by atoms with Crippen molar-refractivity contribution in [1.29, 1.82) is 0 Å². The van der Waals surface area contributed by atoms with Gasteiger partial charge in [-0.15, -0.1) is 11.6 Å². The van der Waals surface area contributed by atoms with Crippen molar-refractivity contribution in [2.24, 2.45) is 0 Å². The van der Waals surface area contributed by atoms with Crippen molar-refractivity contribution in [2.75, 3.05) is 5.88 Å². The molecule has 0 saturated carbocycles. The molecular weight excluding hydrogens is 150 g/mol. The molecule has 0 unspecified atom stereocenters. The quantitative estimate of drug-likeness (QED) is 0.479. The highest BCUT2D eigenvalue weighted by molar-refractivity contribution is 6.30. The van der Waals surface area contributed by atoms with Crippen LogP contribution in [0, 0.1) is 0 Å². The Balaban J connectivity index is 2.85. The molecule has 1 heterocycles. The fourth-order valence-corrected chi connectivity index (χ4v) is 0.769. The maximum atomic E-state index is 10.9. The van der Waals surface area contributed by atoms with Gasteiger partial charge in [-0.25, -0.2) is 0 Å². The minimum absolute atomic E-state index is 0.0318. The smallest absolute Gasteiger partial charge is 0.177 e. The molecule has 1 aromatic rings. The molecule has 2 nitrogen and oxygen atoms in total. The van der Waals surface area contributed by atoms with Crippen molar-refractivity contribution in [1.82, 2.24) is 4.98 Å². The Hall–Kier alpha value is -0.890. The minimum Gasteiger partial charge on any atom is -0.293 e. The second-order valence-corrected chi connectivity index (χ2v) is 2.06. The number of halogens is 1. The molecule has 0 spiro atoms. The van der Waals surface area contributed by atoms with Crippen LogP contribution in [0.25, 0.3) is 0 Å². The summed E-state index contributed by atoms with van der Waals surface area (Å²) < 4.78 is 0. The van der Waals surface area contributed by atoms with Gasteiger partial charge in [0.15, 0.2) is 5.78 Å². The summed E-state index contributed by atoms with van der Waals surface area (Å²) in [5.41, 5.74) is 0.616. The number of nitrogens with zero attached hydrogens (tertiary/aromatic N) is 1. The van der Waals surface area contributed by atoms with Crippen molar-refractivity contribution in [3.8, 4) is 0 Å². The number of aromatic nitrogens is 1. The highest BCUT2D eigenvalue weighted by Gasteiger charge is 2.00. The Morgan fingerprint density at radius 3 is 2.60 bits per heavy atom. The van der Waals surface area contributed by atoms with E-state index in [-0.39, 0.29) is 11.7 Å². The number of pyridine rings is 1. The van der Waals surface area contributed by atoms with Crippen molar-refractivity contribution in [3.63, 3.8) is 0 Å². The van der Waals surface area contributed by atoms with Gasteiger partial charge in [-0.1, -0.05) is 0 Å². The maximum Gasteiger partial charge on any atom is 0.177 e. The maximum absolute atomic E-state index is 10.9. The zero-order chi connectivity index (χ0) is 7.40. The van der Waals surface area contributed by atoms with Crippen LogP contribution in [0.3, 0.4) is 0 Å². The van der Waals surface area contributed by atoms with Crippen molar-refractivity contribution in [2.45, 2.75) is 0 Å². The van der Waals surface area contributed by atoms with Gasteiger partial charge < -0.3 is 0 Å². The first kappa shape index (κ1) is 7.22. The van der Waals surface area contributed by atoms with Crippen LogP contribution in [0.15, 0.2) is 24.5 Å². The van der Waals surface area contributed by atoms with E-state index in [0.29, 0.717) is 5.56 Å². The summed E-state index contributed by atoms with van der Waals surface area (Å²) >= 11 is 5.32. The van der Waals surface area contributed by atoms with Gasteiger partial charge in [0.1, 0.15) is 0 Å². The molecule has 0 aromatic carbocycles. The Kier molecular flexibility index (Phi) is 2.40. The molecule has 0 atom stereocenters. The summed E-state index contributed by atoms with van der Waals surface area (Å²) in [5.74, 6) is -0.0339. The fraction of sp³-hybridized carbons (Fsp3) is 0.143. The van der Waals surface area contributed by atoms with Crippen LogP contribution in [0.1, 0.15) is 10.4 Å². The van der Waals surface area contributed by atoms with Crippen molar-refractivity contribution < 1.29 is 4.79 Å². The molecule has 3 heteroatoms. The van der Waals surface area contributed by atoms with E-state index in [0.717, 1.165) is 0 Å². The second-order valence-electron chi connectivity index (χ2n) is 1.79. The zero-order valence-electron chi connectivity index (χ0n) is 5.25. The molecule has 0 aliphatic rings. The van der Waals surface area contributed by atoms with Crippen LogP contribution in [-0.4, -0.2) is 16.6 Å². The Morgan fingerprint density at radius 2 is 2.10 bits per heavy atom. The fourth-order valence-electron chi connectivity index (χ4n) is 0.615. The van der Waals surface area contributed by atoms with E-state index in [9.17, 15) is 4.79 Å². The van der Waals surface area contributed by atoms with Gasteiger partial charge in [0, 0.05) is 18.0 Å². The number of hydrogen-bond acceptors (Lipinski definition) is 2. The molecular formula is C7H6ClNO. The summed E-state index contributed by atoms with van der Waals surface area (Å²) in [7, 11) is 0. The third kappa shape index (κ3) is 1.54. The molecule has 0 aliphatic carbocycles.